The maximum Gasteiger partial charge on any atom is 0.142 e. The van der Waals surface area contributed by atoms with Crippen molar-refractivity contribution in [2.24, 2.45) is 0 Å². The Morgan fingerprint density at radius 3 is 3.06 bits per heavy atom. The molecule has 3 nitrogen and oxygen atoms in total. The van der Waals surface area contributed by atoms with E-state index in [1.54, 1.807) is 0 Å². The molecule has 0 aromatic heterocycles. The standard InChI is InChI=1S/C14H20N2O/c1-2-5-14-13(4-1)16(9-3-11-17-14)10-8-15-12-6-7-12/h1-2,4-5,12,15H,3,6-11H2. The van der Waals surface area contributed by atoms with Crippen LogP contribution in [0.2, 0.25) is 0 Å². The molecule has 0 saturated heterocycles. The summed E-state index contributed by atoms with van der Waals surface area (Å²) in [4.78, 5) is 2.44. The molecule has 1 fully saturated rings. The van der Waals surface area contributed by atoms with Gasteiger partial charge in [-0.3, -0.25) is 0 Å². The van der Waals surface area contributed by atoms with Crippen LogP contribution < -0.4 is 15.0 Å². The van der Waals surface area contributed by atoms with Crippen molar-refractivity contribution in [2.75, 3.05) is 31.1 Å². The number of anilines is 1. The molecule has 0 radical (unpaired) electrons. The molecule has 3 heteroatoms. The highest BCUT2D eigenvalue weighted by Crippen LogP contribution is 2.30. The summed E-state index contributed by atoms with van der Waals surface area (Å²) in [5.74, 6) is 1.04. The maximum absolute atomic E-state index is 5.76. The first-order chi connectivity index (χ1) is 8.43. The SMILES string of the molecule is c1ccc2c(c1)OCCCN2CCNC1CC1. The van der Waals surface area contributed by atoms with Crippen molar-refractivity contribution in [2.45, 2.75) is 25.3 Å². The van der Waals surface area contributed by atoms with Crippen molar-refractivity contribution in [3.63, 3.8) is 0 Å². The van der Waals surface area contributed by atoms with Crippen LogP contribution in [0.1, 0.15) is 19.3 Å². The Labute approximate surface area is 103 Å². The maximum atomic E-state index is 5.76. The molecule has 0 unspecified atom stereocenters. The molecule has 1 N–H and O–H groups in total. The Hall–Kier alpha value is -1.22. The summed E-state index contributed by atoms with van der Waals surface area (Å²) in [6, 6.07) is 9.17. The van der Waals surface area contributed by atoms with E-state index in [2.05, 4.69) is 28.4 Å². The van der Waals surface area contributed by atoms with Gasteiger partial charge in [0.1, 0.15) is 5.75 Å². The van der Waals surface area contributed by atoms with E-state index in [1.165, 1.54) is 18.5 Å². The summed E-state index contributed by atoms with van der Waals surface area (Å²) in [5, 5.41) is 3.57. The monoisotopic (exact) mass is 232 g/mol. The van der Waals surface area contributed by atoms with E-state index in [1.807, 2.05) is 6.07 Å². The van der Waals surface area contributed by atoms with Crippen LogP contribution in [0.3, 0.4) is 0 Å². The largest absolute Gasteiger partial charge is 0.491 e. The van der Waals surface area contributed by atoms with Crippen molar-refractivity contribution < 1.29 is 4.74 Å². The van der Waals surface area contributed by atoms with E-state index in [0.717, 1.165) is 44.5 Å². The van der Waals surface area contributed by atoms with Crippen molar-refractivity contribution in [1.29, 1.82) is 0 Å². The van der Waals surface area contributed by atoms with Crippen LogP contribution in [0, 0.1) is 0 Å². The summed E-state index contributed by atoms with van der Waals surface area (Å²) < 4.78 is 5.76. The predicted octanol–water partition coefficient (Wildman–Crippen LogP) is 2.03. The number of nitrogens with zero attached hydrogens (tertiary/aromatic N) is 1. The van der Waals surface area contributed by atoms with Crippen LogP contribution in [-0.4, -0.2) is 32.3 Å². The Morgan fingerprint density at radius 2 is 2.18 bits per heavy atom. The van der Waals surface area contributed by atoms with Gasteiger partial charge in [0.05, 0.1) is 12.3 Å². The minimum atomic E-state index is 0.800. The van der Waals surface area contributed by atoms with Gasteiger partial charge in [-0.1, -0.05) is 12.1 Å². The first-order valence-electron chi connectivity index (χ1n) is 6.63. The number of fused-ring (bicyclic) bond motifs is 1. The molecule has 0 atom stereocenters. The number of ether oxygens (including phenoxy) is 1. The number of hydrogen-bond acceptors (Lipinski definition) is 3. The van der Waals surface area contributed by atoms with Gasteiger partial charge >= 0.3 is 0 Å². The van der Waals surface area contributed by atoms with Gasteiger partial charge in [-0.05, 0) is 31.4 Å². The van der Waals surface area contributed by atoms with Gasteiger partial charge in [0.25, 0.3) is 0 Å². The van der Waals surface area contributed by atoms with Crippen molar-refractivity contribution in [3.05, 3.63) is 24.3 Å². The van der Waals surface area contributed by atoms with Crippen molar-refractivity contribution >= 4 is 5.69 Å². The first-order valence-corrected chi connectivity index (χ1v) is 6.63. The van der Waals surface area contributed by atoms with E-state index < -0.39 is 0 Å². The van der Waals surface area contributed by atoms with Crippen LogP contribution in [0.4, 0.5) is 5.69 Å². The molecular weight excluding hydrogens is 212 g/mol. The topological polar surface area (TPSA) is 24.5 Å². The third-order valence-electron chi connectivity index (χ3n) is 3.43. The summed E-state index contributed by atoms with van der Waals surface area (Å²) >= 11 is 0. The summed E-state index contributed by atoms with van der Waals surface area (Å²) in [7, 11) is 0. The summed E-state index contributed by atoms with van der Waals surface area (Å²) in [5.41, 5.74) is 1.25. The summed E-state index contributed by atoms with van der Waals surface area (Å²) in [6.07, 6.45) is 3.83. The number of rotatable bonds is 4. The highest BCUT2D eigenvalue weighted by Gasteiger charge is 2.21. The third kappa shape index (κ3) is 2.72. The van der Waals surface area contributed by atoms with Gasteiger partial charge in [-0.2, -0.15) is 0 Å². The predicted molar refractivity (Wildman–Crippen MR) is 69.8 cm³/mol. The lowest BCUT2D eigenvalue weighted by Gasteiger charge is -2.23. The van der Waals surface area contributed by atoms with Gasteiger partial charge in [0, 0.05) is 25.7 Å². The summed E-state index contributed by atoms with van der Waals surface area (Å²) in [6.45, 7) is 4.10. The molecular formula is C14H20N2O. The fraction of sp³-hybridized carbons (Fsp3) is 0.571. The molecule has 17 heavy (non-hydrogen) atoms. The van der Waals surface area contributed by atoms with E-state index in [9.17, 15) is 0 Å². The zero-order chi connectivity index (χ0) is 11.5. The van der Waals surface area contributed by atoms with Crippen LogP contribution in [-0.2, 0) is 0 Å². The third-order valence-corrected chi connectivity index (χ3v) is 3.43. The normalized spacial score (nSPS) is 19.4. The second-order valence-corrected chi connectivity index (χ2v) is 4.89. The van der Waals surface area contributed by atoms with Gasteiger partial charge < -0.3 is 15.0 Å². The average Bonchev–Trinajstić information content (AvgIpc) is 3.17. The fourth-order valence-corrected chi connectivity index (χ4v) is 2.32. The second-order valence-electron chi connectivity index (χ2n) is 4.89. The molecule has 0 bridgehead atoms. The Bertz CT molecular complexity index is 376. The van der Waals surface area contributed by atoms with Crippen molar-refractivity contribution in [1.82, 2.24) is 5.32 Å². The van der Waals surface area contributed by atoms with Crippen LogP contribution >= 0.6 is 0 Å². The molecule has 3 rings (SSSR count). The van der Waals surface area contributed by atoms with Gasteiger partial charge in [-0.15, -0.1) is 0 Å². The Balaban J connectivity index is 1.65. The second kappa shape index (κ2) is 4.96. The van der Waals surface area contributed by atoms with Gasteiger partial charge in [-0.25, -0.2) is 0 Å². The quantitative estimate of drug-likeness (QED) is 0.859. The van der Waals surface area contributed by atoms with E-state index in [-0.39, 0.29) is 0 Å². The van der Waals surface area contributed by atoms with E-state index >= 15 is 0 Å². The molecule has 2 aliphatic rings. The highest BCUT2D eigenvalue weighted by atomic mass is 16.5. The van der Waals surface area contributed by atoms with E-state index in [0.29, 0.717) is 0 Å². The number of para-hydroxylation sites is 2. The first kappa shape index (κ1) is 10.9. The average molecular weight is 232 g/mol. The number of hydrogen-bond donors (Lipinski definition) is 1. The van der Waals surface area contributed by atoms with Gasteiger partial charge in [0.15, 0.2) is 0 Å². The highest BCUT2D eigenvalue weighted by molar-refractivity contribution is 5.58. The number of nitrogens with one attached hydrogen (secondary N) is 1. The molecule has 0 amide bonds. The smallest absolute Gasteiger partial charge is 0.142 e. The Morgan fingerprint density at radius 1 is 1.29 bits per heavy atom. The molecule has 1 aromatic rings. The molecule has 1 aliphatic heterocycles. The molecule has 1 heterocycles. The lowest BCUT2D eigenvalue weighted by atomic mass is 10.2. The van der Waals surface area contributed by atoms with Crippen LogP contribution in [0.15, 0.2) is 24.3 Å². The van der Waals surface area contributed by atoms with Crippen molar-refractivity contribution in [3.8, 4) is 5.75 Å². The molecule has 92 valence electrons. The minimum Gasteiger partial charge on any atom is -0.491 e. The Kier molecular flexibility index (Phi) is 3.18. The van der Waals surface area contributed by atoms with Crippen LogP contribution in [0.5, 0.6) is 5.75 Å². The lowest BCUT2D eigenvalue weighted by molar-refractivity contribution is 0.322. The van der Waals surface area contributed by atoms with Gasteiger partial charge in [0.2, 0.25) is 0 Å². The molecule has 1 saturated carbocycles. The zero-order valence-electron chi connectivity index (χ0n) is 10.2. The minimum absolute atomic E-state index is 0.800. The number of benzene rings is 1. The molecule has 0 spiro atoms. The lowest BCUT2D eigenvalue weighted by Crippen LogP contribution is -2.33. The molecule has 1 aliphatic carbocycles. The zero-order valence-corrected chi connectivity index (χ0v) is 10.2. The molecule has 1 aromatic carbocycles. The van der Waals surface area contributed by atoms with Crippen LogP contribution in [0.25, 0.3) is 0 Å². The van der Waals surface area contributed by atoms with E-state index in [4.69, 9.17) is 4.74 Å². The fourth-order valence-electron chi connectivity index (χ4n) is 2.32.